The molecule has 21 heavy (non-hydrogen) atoms. The van der Waals surface area contributed by atoms with E-state index >= 15 is 0 Å². The van der Waals surface area contributed by atoms with Gasteiger partial charge in [-0.05, 0) is 33.6 Å². The number of anilines is 1. The van der Waals surface area contributed by atoms with Crippen molar-refractivity contribution in [1.29, 1.82) is 0 Å². The van der Waals surface area contributed by atoms with Gasteiger partial charge in [0.15, 0.2) is 0 Å². The molecule has 0 radical (unpaired) electrons. The molecule has 6 heteroatoms. The summed E-state index contributed by atoms with van der Waals surface area (Å²) in [7, 11) is 0. The Kier molecular flexibility index (Phi) is 3.87. The van der Waals surface area contributed by atoms with E-state index in [1.165, 1.54) is 6.07 Å². The summed E-state index contributed by atoms with van der Waals surface area (Å²) in [5, 5.41) is 7.61. The van der Waals surface area contributed by atoms with Gasteiger partial charge in [-0.2, -0.15) is 5.10 Å². The molecular weight excluding hydrogens is 332 g/mol. The van der Waals surface area contributed by atoms with E-state index in [1.54, 1.807) is 23.1 Å². The Morgan fingerprint density at radius 1 is 1.24 bits per heavy atom. The summed E-state index contributed by atoms with van der Waals surface area (Å²) >= 11 is 3.51. The predicted molar refractivity (Wildman–Crippen MR) is 85.7 cm³/mol. The number of pyridine rings is 1. The second-order valence-electron chi connectivity index (χ2n) is 4.54. The fourth-order valence-corrected chi connectivity index (χ4v) is 2.41. The van der Waals surface area contributed by atoms with Crippen LogP contribution in [0.2, 0.25) is 0 Å². The van der Waals surface area contributed by atoms with E-state index in [0.717, 1.165) is 21.4 Å². The summed E-state index contributed by atoms with van der Waals surface area (Å²) < 4.78 is 2.79. The molecule has 2 aromatic heterocycles. The number of aromatic nitrogens is 3. The molecule has 2 heterocycles. The van der Waals surface area contributed by atoms with Crippen molar-refractivity contribution in [3.63, 3.8) is 0 Å². The Hall–Kier alpha value is -2.34. The van der Waals surface area contributed by atoms with Crippen LogP contribution in [0.15, 0.2) is 64.3 Å². The first-order valence-corrected chi connectivity index (χ1v) is 7.23. The molecular formula is C15H13BrN4O. The smallest absolute Gasteiger partial charge is 0.247 e. The second kappa shape index (κ2) is 5.97. The highest BCUT2D eigenvalue weighted by molar-refractivity contribution is 9.10. The minimum absolute atomic E-state index is 0.0968. The van der Waals surface area contributed by atoms with Crippen LogP contribution in [0.1, 0.15) is 5.56 Å². The number of benzene rings is 1. The monoisotopic (exact) mass is 344 g/mol. The predicted octanol–water partition coefficient (Wildman–Crippen LogP) is 2.94. The van der Waals surface area contributed by atoms with Crippen LogP contribution in [0, 0.1) is 0 Å². The molecule has 0 unspecified atom stereocenters. The highest BCUT2D eigenvalue weighted by Crippen LogP contribution is 2.21. The molecule has 0 bridgehead atoms. The fourth-order valence-electron chi connectivity index (χ4n) is 1.94. The Labute approximate surface area is 129 Å². The van der Waals surface area contributed by atoms with Crippen LogP contribution in [0.5, 0.6) is 0 Å². The molecule has 0 aliphatic rings. The first-order chi connectivity index (χ1) is 10.2. The number of halogens is 1. The molecule has 3 rings (SSSR count). The molecule has 2 N–H and O–H groups in total. The van der Waals surface area contributed by atoms with Gasteiger partial charge in [0, 0.05) is 23.3 Å². The molecule has 3 aromatic rings. The largest absolute Gasteiger partial charge is 0.378 e. The number of nitrogens with zero attached hydrogens (tertiary/aromatic N) is 2. The summed E-state index contributed by atoms with van der Waals surface area (Å²) in [6.07, 6.45) is 5.39. The number of H-pyrrole nitrogens is 1. The van der Waals surface area contributed by atoms with Crippen LogP contribution in [-0.2, 0) is 6.54 Å². The van der Waals surface area contributed by atoms with Crippen LogP contribution in [0.25, 0.3) is 5.69 Å². The topological polar surface area (TPSA) is 62.7 Å². The van der Waals surface area contributed by atoms with Gasteiger partial charge in [-0.15, -0.1) is 0 Å². The highest BCUT2D eigenvalue weighted by Gasteiger charge is 2.04. The van der Waals surface area contributed by atoms with Crippen molar-refractivity contribution in [1.82, 2.24) is 14.8 Å². The van der Waals surface area contributed by atoms with Crippen LogP contribution < -0.4 is 10.9 Å². The minimum atomic E-state index is -0.0968. The normalized spacial score (nSPS) is 10.5. The molecule has 0 saturated carbocycles. The quantitative estimate of drug-likeness (QED) is 0.764. The van der Waals surface area contributed by atoms with Gasteiger partial charge in [0.2, 0.25) is 5.56 Å². The van der Waals surface area contributed by atoms with Gasteiger partial charge in [0.25, 0.3) is 0 Å². The molecule has 0 fully saturated rings. The van der Waals surface area contributed by atoms with Gasteiger partial charge in [-0.3, -0.25) is 4.79 Å². The Bertz CT molecular complexity index is 789. The second-order valence-corrected chi connectivity index (χ2v) is 5.39. The average molecular weight is 345 g/mol. The van der Waals surface area contributed by atoms with Crippen LogP contribution in [0.3, 0.4) is 0 Å². The molecule has 5 nitrogen and oxygen atoms in total. The molecule has 0 saturated heterocycles. The maximum atomic E-state index is 11.0. The van der Waals surface area contributed by atoms with Crippen molar-refractivity contribution >= 4 is 21.6 Å². The lowest BCUT2D eigenvalue weighted by Gasteiger charge is -2.04. The number of hydrogen-bond acceptors (Lipinski definition) is 3. The van der Waals surface area contributed by atoms with E-state index in [9.17, 15) is 4.79 Å². The maximum absolute atomic E-state index is 11.0. The van der Waals surface area contributed by atoms with Crippen molar-refractivity contribution in [3.8, 4) is 5.69 Å². The zero-order valence-corrected chi connectivity index (χ0v) is 12.7. The van der Waals surface area contributed by atoms with Crippen molar-refractivity contribution < 1.29 is 0 Å². The first kappa shape index (κ1) is 13.6. The highest BCUT2D eigenvalue weighted by atomic mass is 79.9. The third-order valence-corrected chi connectivity index (χ3v) is 3.70. The van der Waals surface area contributed by atoms with E-state index in [-0.39, 0.29) is 5.56 Å². The summed E-state index contributed by atoms with van der Waals surface area (Å²) in [5.74, 6) is 0. The third kappa shape index (κ3) is 3.22. The molecule has 106 valence electrons. The molecule has 0 amide bonds. The average Bonchev–Trinajstić information content (AvgIpc) is 2.96. The third-order valence-electron chi connectivity index (χ3n) is 3.03. The molecule has 0 aliphatic heterocycles. The molecule has 0 atom stereocenters. The van der Waals surface area contributed by atoms with E-state index in [2.05, 4.69) is 31.3 Å². The van der Waals surface area contributed by atoms with E-state index in [1.807, 2.05) is 30.5 Å². The van der Waals surface area contributed by atoms with Crippen molar-refractivity contribution in [2.45, 2.75) is 6.54 Å². The summed E-state index contributed by atoms with van der Waals surface area (Å²) in [5.41, 5.74) is 2.80. The van der Waals surface area contributed by atoms with E-state index in [0.29, 0.717) is 6.54 Å². The van der Waals surface area contributed by atoms with Gasteiger partial charge < -0.3 is 10.3 Å². The summed E-state index contributed by atoms with van der Waals surface area (Å²) in [4.78, 5) is 13.6. The fraction of sp³-hybridized carbons (Fsp3) is 0.0667. The van der Waals surface area contributed by atoms with E-state index < -0.39 is 0 Å². The van der Waals surface area contributed by atoms with E-state index in [4.69, 9.17) is 0 Å². The number of rotatable bonds is 4. The van der Waals surface area contributed by atoms with Gasteiger partial charge in [-0.1, -0.05) is 18.2 Å². The van der Waals surface area contributed by atoms with Crippen molar-refractivity contribution in [3.05, 3.63) is 75.4 Å². The lowest BCUT2D eigenvalue weighted by atomic mass is 10.3. The van der Waals surface area contributed by atoms with Crippen LogP contribution >= 0.6 is 15.9 Å². The molecule has 0 aliphatic carbocycles. The summed E-state index contributed by atoms with van der Waals surface area (Å²) in [6, 6.07) is 11.2. The number of nitrogens with one attached hydrogen (secondary N) is 2. The summed E-state index contributed by atoms with van der Waals surface area (Å²) in [6.45, 7) is 0.623. The van der Waals surface area contributed by atoms with Crippen molar-refractivity contribution in [2.24, 2.45) is 0 Å². The zero-order chi connectivity index (χ0) is 14.7. The maximum Gasteiger partial charge on any atom is 0.247 e. The lowest BCUT2D eigenvalue weighted by Crippen LogP contribution is -2.05. The number of aromatic amines is 1. The van der Waals surface area contributed by atoms with Crippen LogP contribution in [-0.4, -0.2) is 14.8 Å². The van der Waals surface area contributed by atoms with Gasteiger partial charge in [0.05, 0.1) is 23.8 Å². The lowest BCUT2D eigenvalue weighted by molar-refractivity contribution is 0.876. The Morgan fingerprint density at radius 3 is 2.86 bits per heavy atom. The zero-order valence-electron chi connectivity index (χ0n) is 11.1. The number of hydrogen-bond donors (Lipinski definition) is 2. The number of para-hydroxylation sites is 1. The Morgan fingerprint density at radius 2 is 2.10 bits per heavy atom. The first-order valence-electron chi connectivity index (χ1n) is 6.43. The van der Waals surface area contributed by atoms with Gasteiger partial charge >= 0.3 is 0 Å². The minimum Gasteiger partial charge on any atom is -0.378 e. The SMILES string of the molecule is O=c1ccc(CNc2cnn(-c3ccccc3Br)c2)c[nH]1. The standard InChI is InChI=1S/C15H13BrN4O/c16-13-3-1-2-4-14(13)20-10-12(9-19-20)17-7-11-5-6-15(21)18-8-11/h1-6,8-10,17H,7H2,(H,18,21). The van der Waals surface area contributed by atoms with Gasteiger partial charge in [0.1, 0.15) is 0 Å². The molecule has 1 aromatic carbocycles. The molecule has 0 spiro atoms. The van der Waals surface area contributed by atoms with Crippen LogP contribution in [0.4, 0.5) is 5.69 Å². The Balaban J connectivity index is 1.72. The van der Waals surface area contributed by atoms with Crippen molar-refractivity contribution in [2.75, 3.05) is 5.32 Å². The van der Waals surface area contributed by atoms with Gasteiger partial charge in [-0.25, -0.2) is 4.68 Å².